The minimum absolute atomic E-state index is 0.0943. The van der Waals surface area contributed by atoms with Crippen LogP contribution in [-0.2, 0) is 18.6 Å². The molecule has 0 spiro atoms. The molecule has 0 radical (unpaired) electrons. The lowest BCUT2D eigenvalue weighted by atomic mass is 10.1. The molecule has 0 aliphatic carbocycles. The maximum absolute atomic E-state index is 12.8. The molecule has 1 aliphatic heterocycles. The number of hydrogen-bond donors (Lipinski definition) is 0. The van der Waals surface area contributed by atoms with E-state index in [1.54, 1.807) is 0 Å². The van der Waals surface area contributed by atoms with Crippen molar-refractivity contribution in [3.63, 3.8) is 0 Å². The van der Waals surface area contributed by atoms with Gasteiger partial charge in [-0.2, -0.15) is 5.10 Å². The lowest BCUT2D eigenvalue weighted by Crippen LogP contribution is -2.29. The van der Waals surface area contributed by atoms with Crippen molar-refractivity contribution in [1.82, 2.24) is 19.2 Å². The van der Waals surface area contributed by atoms with Gasteiger partial charge in [0.1, 0.15) is 5.82 Å². The van der Waals surface area contributed by atoms with Crippen molar-refractivity contribution < 1.29 is 4.79 Å². The molecular weight excluding hydrogens is 332 g/mol. The third-order valence-corrected chi connectivity index (χ3v) is 5.48. The zero-order chi connectivity index (χ0) is 17.8. The van der Waals surface area contributed by atoms with Crippen LogP contribution >= 0.6 is 11.3 Å². The maximum Gasteiger partial charge on any atom is 0.264 e. The van der Waals surface area contributed by atoms with Crippen molar-refractivity contribution in [2.75, 3.05) is 0 Å². The number of fused-ring (bicyclic) bond motifs is 1. The molecule has 1 amide bonds. The standard InChI is InChI=1S/C19H22N4OS/c1-13-9-16(25-12-13)18(24)22-10-14-15(11-22)20-23(19(2,3)4)17(14)21-7-5-6-8-21/h5-9,12H,10-11H2,1-4H3. The largest absolute Gasteiger partial charge is 0.327 e. The summed E-state index contributed by atoms with van der Waals surface area (Å²) in [5, 5.41) is 6.88. The van der Waals surface area contributed by atoms with E-state index < -0.39 is 0 Å². The van der Waals surface area contributed by atoms with Gasteiger partial charge in [0.25, 0.3) is 5.91 Å². The van der Waals surface area contributed by atoms with Crippen molar-refractivity contribution in [3.05, 3.63) is 57.7 Å². The molecule has 0 N–H and O–H groups in total. The molecule has 5 nitrogen and oxygen atoms in total. The van der Waals surface area contributed by atoms with Gasteiger partial charge in [-0.15, -0.1) is 11.3 Å². The van der Waals surface area contributed by atoms with Crippen LogP contribution in [0.2, 0.25) is 0 Å². The number of thiophene rings is 1. The van der Waals surface area contributed by atoms with E-state index in [1.807, 2.05) is 47.8 Å². The Morgan fingerprint density at radius 2 is 1.92 bits per heavy atom. The van der Waals surface area contributed by atoms with E-state index in [0.717, 1.165) is 27.5 Å². The second-order valence-corrected chi connectivity index (χ2v) is 8.48. The lowest BCUT2D eigenvalue weighted by molar-refractivity contribution is 0.0753. The van der Waals surface area contributed by atoms with Crippen LogP contribution in [0.25, 0.3) is 5.82 Å². The maximum atomic E-state index is 12.8. The summed E-state index contributed by atoms with van der Waals surface area (Å²) >= 11 is 1.51. The van der Waals surface area contributed by atoms with Crippen LogP contribution in [-0.4, -0.2) is 25.2 Å². The van der Waals surface area contributed by atoms with Gasteiger partial charge in [0.05, 0.1) is 29.2 Å². The Morgan fingerprint density at radius 3 is 2.52 bits per heavy atom. The molecule has 25 heavy (non-hydrogen) atoms. The number of aromatic nitrogens is 3. The third-order valence-electron chi connectivity index (χ3n) is 4.44. The molecule has 6 heteroatoms. The summed E-state index contributed by atoms with van der Waals surface area (Å²) in [6, 6.07) is 5.99. The van der Waals surface area contributed by atoms with Crippen molar-refractivity contribution >= 4 is 17.2 Å². The van der Waals surface area contributed by atoms with Crippen molar-refractivity contribution in [2.45, 2.75) is 46.3 Å². The number of rotatable bonds is 2. The Bertz CT molecular complexity index is 927. The Morgan fingerprint density at radius 1 is 1.20 bits per heavy atom. The molecule has 0 saturated heterocycles. The topological polar surface area (TPSA) is 43.1 Å². The van der Waals surface area contributed by atoms with Gasteiger partial charge < -0.3 is 9.47 Å². The van der Waals surface area contributed by atoms with Crippen LogP contribution in [0.1, 0.15) is 47.3 Å². The Labute approximate surface area is 151 Å². The van der Waals surface area contributed by atoms with E-state index in [0.29, 0.717) is 13.1 Å². The summed E-state index contributed by atoms with van der Waals surface area (Å²) in [4.78, 5) is 15.5. The van der Waals surface area contributed by atoms with Crippen LogP contribution in [0.4, 0.5) is 0 Å². The van der Waals surface area contributed by atoms with Crippen molar-refractivity contribution in [3.8, 4) is 5.82 Å². The average molecular weight is 354 g/mol. The highest BCUT2D eigenvalue weighted by Gasteiger charge is 2.34. The van der Waals surface area contributed by atoms with Gasteiger partial charge >= 0.3 is 0 Å². The zero-order valence-electron chi connectivity index (χ0n) is 15.0. The van der Waals surface area contributed by atoms with E-state index in [9.17, 15) is 4.79 Å². The van der Waals surface area contributed by atoms with Crippen LogP contribution in [0.15, 0.2) is 36.0 Å². The van der Waals surface area contributed by atoms with Gasteiger partial charge in [0, 0.05) is 18.0 Å². The fourth-order valence-corrected chi connectivity index (χ4v) is 4.12. The van der Waals surface area contributed by atoms with Crippen LogP contribution in [0, 0.1) is 6.92 Å². The van der Waals surface area contributed by atoms with Crippen LogP contribution in [0.3, 0.4) is 0 Å². The predicted octanol–water partition coefficient (Wildman–Crippen LogP) is 3.95. The Hall–Kier alpha value is -2.34. The van der Waals surface area contributed by atoms with E-state index in [-0.39, 0.29) is 11.4 Å². The molecule has 0 aromatic carbocycles. The average Bonchev–Trinajstić information content (AvgIpc) is 3.28. The number of carbonyl (C=O) groups excluding carboxylic acids is 1. The Kier molecular flexibility index (Phi) is 3.61. The molecule has 1 aliphatic rings. The summed E-state index contributed by atoms with van der Waals surface area (Å²) in [5.74, 6) is 1.15. The van der Waals surface area contributed by atoms with Crippen molar-refractivity contribution in [1.29, 1.82) is 0 Å². The molecular formula is C19H22N4OS. The van der Waals surface area contributed by atoms with Gasteiger partial charge in [0.2, 0.25) is 0 Å². The second kappa shape index (κ2) is 5.59. The molecule has 0 atom stereocenters. The molecule has 4 heterocycles. The first-order valence-electron chi connectivity index (χ1n) is 8.43. The number of amides is 1. The van der Waals surface area contributed by atoms with Gasteiger partial charge in [-0.05, 0) is 56.8 Å². The molecule has 0 fully saturated rings. The summed E-state index contributed by atoms with van der Waals surface area (Å²) in [5.41, 5.74) is 3.16. The highest BCUT2D eigenvalue weighted by atomic mass is 32.1. The number of aryl methyl sites for hydroxylation is 1. The first kappa shape index (κ1) is 16.1. The highest BCUT2D eigenvalue weighted by molar-refractivity contribution is 7.12. The smallest absolute Gasteiger partial charge is 0.264 e. The number of carbonyl (C=O) groups is 1. The van der Waals surface area contributed by atoms with Crippen molar-refractivity contribution in [2.24, 2.45) is 0 Å². The highest BCUT2D eigenvalue weighted by Crippen LogP contribution is 2.33. The van der Waals surface area contributed by atoms with E-state index in [2.05, 4.69) is 30.0 Å². The number of nitrogens with zero attached hydrogens (tertiary/aromatic N) is 4. The normalized spacial score (nSPS) is 14.2. The SMILES string of the molecule is Cc1csc(C(=O)N2Cc3nn(C(C)(C)C)c(-n4cccc4)c3C2)c1. The molecule has 3 aromatic heterocycles. The molecule has 0 bridgehead atoms. The molecule has 130 valence electrons. The molecule has 0 saturated carbocycles. The van der Waals surface area contributed by atoms with E-state index >= 15 is 0 Å². The lowest BCUT2D eigenvalue weighted by Gasteiger charge is -2.24. The van der Waals surface area contributed by atoms with Crippen LogP contribution in [0.5, 0.6) is 0 Å². The molecule has 3 aromatic rings. The van der Waals surface area contributed by atoms with Gasteiger partial charge in [-0.25, -0.2) is 4.68 Å². The van der Waals surface area contributed by atoms with Gasteiger partial charge in [-0.1, -0.05) is 0 Å². The quantitative estimate of drug-likeness (QED) is 0.699. The number of hydrogen-bond acceptors (Lipinski definition) is 3. The second-order valence-electron chi connectivity index (χ2n) is 7.57. The molecule has 0 unspecified atom stereocenters. The monoisotopic (exact) mass is 354 g/mol. The van der Waals surface area contributed by atoms with E-state index in [1.165, 1.54) is 11.3 Å². The first-order chi connectivity index (χ1) is 11.8. The fourth-order valence-electron chi connectivity index (χ4n) is 3.25. The summed E-state index contributed by atoms with van der Waals surface area (Å²) in [7, 11) is 0. The van der Waals surface area contributed by atoms with Gasteiger partial charge in [-0.3, -0.25) is 4.79 Å². The summed E-state index contributed by atoms with van der Waals surface area (Å²) in [6.07, 6.45) is 4.07. The van der Waals surface area contributed by atoms with Gasteiger partial charge in [0.15, 0.2) is 0 Å². The molecule has 4 rings (SSSR count). The van der Waals surface area contributed by atoms with E-state index in [4.69, 9.17) is 5.10 Å². The first-order valence-corrected chi connectivity index (χ1v) is 9.31. The minimum Gasteiger partial charge on any atom is -0.327 e. The summed E-state index contributed by atoms with van der Waals surface area (Å²) < 4.78 is 4.18. The Balaban J connectivity index is 1.72. The zero-order valence-corrected chi connectivity index (χ0v) is 15.8. The third kappa shape index (κ3) is 2.70. The minimum atomic E-state index is -0.121. The summed E-state index contributed by atoms with van der Waals surface area (Å²) in [6.45, 7) is 9.65. The predicted molar refractivity (Wildman–Crippen MR) is 99.2 cm³/mol. The van der Waals surface area contributed by atoms with Crippen LogP contribution < -0.4 is 0 Å². The fraction of sp³-hybridized carbons (Fsp3) is 0.368.